The van der Waals surface area contributed by atoms with Gasteiger partial charge in [0, 0.05) is 25.2 Å². The van der Waals surface area contributed by atoms with Crippen molar-refractivity contribution < 1.29 is 4.74 Å². The molecule has 6 heteroatoms. The molecule has 0 amide bonds. The zero-order chi connectivity index (χ0) is 17.9. The molecule has 4 rings (SSSR count). The molecule has 0 spiro atoms. The summed E-state index contributed by atoms with van der Waals surface area (Å²) in [4.78, 5) is 23.4. The Morgan fingerprint density at radius 3 is 3.04 bits per heavy atom. The van der Waals surface area contributed by atoms with E-state index in [4.69, 9.17) is 9.72 Å². The van der Waals surface area contributed by atoms with Gasteiger partial charge in [0.25, 0.3) is 5.56 Å². The molecule has 0 bridgehead atoms. The van der Waals surface area contributed by atoms with Gasteiger partial charge in [-0.25, -0.2) is 4.98 Å². The molecule has 1 N–H and O–H groups in total. The highest BCUT2D eigenvalue weighted by Crippen LogP contribution is 2.23. The SMILES string of the molecule is CCOc1cccc(CN2CCc3c(nc(-c4cccs4)[nH]c3=O)C2)c1. The van der Waals surface area contributed by atoms with Crippen LogP contribution in [-0.4, -0.2) is 28.0 Å². The van der Waals surface area contributed by atoms with Crippen LogP contribution in [0.3, 0.4) is 0 Å². The molecular formula is C20H21N3O2S. The van der Waals surface area contributed by atoms with Crippen LogP contribution < -0.4 is 10.3 Å². The lowest BCUT2D eigenvalue weighted by molar-refractivity contribution is 0.240. The lowest BCUT2D eigenvalue weighted by Gasteiger charge is -2.27. The molecule has 0 saturated heterocycles. The van der Waals surface area contributed by atoms with Crippen LogP contribution in [0.2, 0.25) is 0 Å². The molecule has 3 heterocycles. The van der Waals surface area contributed by atoms with Gasteiger partial charge in [0.1, 0.15) is 5.75 Å². The summed E-state index contributed by atoms with van der Waals surface area (Å²) in [5.41, 5.74) is 2.92. The van der Waals surface area contributed by atoms with E-state index in [9.17, 15) is 4.79 Å². The first kappa shape index (κ1) is 17.0. The van der Waals surface area contributed by atoms with Crippen molar-refractivity contribution in [2.24, 2.45) is 0 Å². The molecule has 5 nitrogen and oxygen atoms in total. The molecule has 0 aliphatic carbocycles. The van der Waals surface area contributed by atoms with Gasteiger partial charge >= 0.3 is 0 Å². The van der Waals surface area contributed by atoms with E-state index in [0.717, 1.165) is 41.4 Å². The molecule has 2 aromatic heterocycles. The number of hydrogen-bond acceptors (Lipinski definition) is 5. The van der Waals surface area contributed by atoms with Crippen molar-refractivity contribution in [3.8, 4) is 16.5 Å². The number of thiophene rings is 1. The van der Waals surface area contributed by atoms with E-state index < -0.39 is 0 Å². The molecule has 0 unspecified atom stereocenters. The number of nitrogens with zero attached hydrogens (tertiary/aromatic N) is 2. The summed E-state index contributed by atoms with van der Waals surface area (Å²) in [7, 11) is 0. The third-order valence-corrected chi connectivity index (χ3v) is 5.40. The second kappa shape index (κ2) is 7.43. The normalized spacial score (nSPS) is 14.2. The highest BCUT2D eigenvalue weighted by Gasteiger charge is 2.21. The van der Waals surface area contributed by atoms with Gasteiger partial charge in [-0.3, -0.25) is 9.69 Å². The van der Waals surface area contributed by atoms with Gasteiger partial charge in [-0.05, 0) is 42.5 Å². The predicted molar refractivity (Wildman–Crippen MR) is 104 cm³/mol. The van der Waals surface area contributed by atoms with Crippen molar-refractivity contribution in [2.45, 2.75) is 26.4 Å². The number of aromatic nitrogens is 2. The van der Waals surface area contributed by atoms with Crippen LogP contribution in [0.4, 0.5) is 0 Å². The van der Waals surface area contributed by atoms with E-state index in [1.54, 1.807) is 11.3 Å². The van der Waals surface area contributed by atoms with E-state index in [1.165, 1.54) is 5.56 Å². The molecule has 0 saturated carbocycles. The van der Waals surface area contributed by atoms with Crippen LogP contribution >= 0.6 is 11.3 Å². The summed E-state index contributed by atoms with van der Waals surface area (Å²) in [5.74, 6) is 1.57. The first-order chi connectivity index (χ1) is 12.7. The molecule has 0 radical (unpaired) electrons. The molecule has 134 valence electrons. The highest BCUT2D eigenvalue weighted by molar-refractivity contribution is 7.13. The molecular weight excluding hydrogens is 346 g/mol. The minimum absolute atomic E-state index is 0.00334. The molecule has 0 atom stereocenters. The van der Waals surface area contributed by atoms with Crippen LogP contribution in [0.25, 0.3) is 10.7 Å². The van der Waals surface area contributed by atoms with E-state index in [0.29, 0.717) is 19.0 Å². The van der Waals surface area contributed by atoms with Crippen molar-refractivity contribution in [2.75, 3.05) is 13.2 Å². The topological polar surface area (TPSA) is 58.2 Å². The Kier molecular flexibility index (Phi) is 4.86. The smallest absolute Gasteiger partial charge is 0.254 e. The molecule has 0 fully saturated rings. The standard InChI is InChI=1S/C20H21N3O2S/c1-2-25-15-6-3-5-14(11-15)12-23-9-8-16-17(13-23)21-19(22-20(16)24)18-7-4-10-26-18/h3-7,10-11H,2,8-9,12-13H2,1H3,(H,21,22,24). The Morgan fingerprint density at radius 1 is 1.31 bits per heavy atom. The fourth-order valence-corrected chi connectivity index (χ4v) is 3.99. The first-order valence-corrected chi connectivity index (χ1v) is 9.71. The Hall–Kier alpha value is -2.44. The number of ether oxygens (including phenoxy) is 1. The average molecular weight is 367 g/mol. The minimum atomic E-state index is -0.00334. The molecule has 3 aromatic rings. The number of benzene rings is 1. The Morgan fingerprint density at radius 2 is 2.23 bits per heavy atom. The van der Waals surface area contributed by atoms with Gasteiger partial charge in [-0.2, -0.15) is 0 Å². The zero-order valence-corrected chi connectivity index (χ0v) is 15.5. The van der Waals surface area contributed by atoms with E-state index in [2.05, 4.69) is 22.0 Å². The van der Waals surface area contributed by atoms with Crippen LogP contribution in [-0.2, 0) is 19.5 Å². The lowest BCUT2D eigenvalue weighted by Crippen LogP contribution is -2.35. The maximum atomic E-state index is 12.4. The number of nitrogens with one attached hydrogen (secondary N) is 1. The molecule has 1 aliphatic rings. The fraction of sp³-hybridized carbons (Fsp3) is 0.300. The second-order valence-corrected chi connectivity index (χ2v) is 7.31. The maximum Gasteiger partial charge on any atom is 0.254 e. The van der Waals surface area contributed by atoms with Crippen LogP contribution in [0.5, 0.6) is 5.75 Å². The van der Waals surface area contributed by atoms with Crippen molar-refractivity contribution in [1.29, 1.82) is 0 Å². The predicted octanol–water partition coefficient (Wildman–Crippen LogP) is 3.46. The Balaban J connectivity index is 1.55. The number of H-pyrrole nitrogens is 1. The van der Waals surface area contributed by atoms with Crippen molar-refractivity contribution >= 4 is 11.3 Å². The molecule has 26 heavy (non-hydrogen) atoms. The summed E-state index contributed by atoms with van der Waals surface area (Å²) >= 11 is 1.58. The summed E-state index contributed by atoms with van der Waals surface area (Å²) in [6.45, 7) is 5.02. The summed E-state index contributed by atoms with van der Waals surface area (Å²) in [6.07, 6.45) is 0.730. The zero-order valence-electron chi connectivity index (χ0n) is 14.7. The van der Waals surface area contributed by atoms with Crippen LogP contribution in [0.1, 0.15) is 23.7 Å². The average Bonchev–Trinajstić information content (AvgIpc) is 3.17. The third-order valence-electron chi connectivity index (χ3n) is 4.52. The van der Waals surface area contributed by atoms with Crippen molar-refractivity contribution in [3.05, 3.63) is 69.0 Å². The minimum Gasteiger partial charge on any atom is -0.494 e. The number of fused-ring (bicyclic) bond motifs is 1. The van der Waals surface area contributed by atoms with Gasteiger partial charge in [-0.15, -0.1) is 11.3 Å². The van der Waals surface area contributed by atoms with E-state index >= 15 is 0 Å². The quantitative estimate of drug-likeness (QED) is 0.750. The third kappa shape index (κ3) is 3.57. The van der Waals surface area contributed by atoms with Crippen molar-refractivity contribution in [1.82, 2.24) is 14.9 Å². The summed E-state index contributed by atoms with van der Waals surface area (Å²) in [6, 6.07) is 12.1. The highest BCUT2D eigenvalue weighted by atomic mass is 32.1. The Bertz CT molecular complexity index is 950. The second-order valence-electron chi connectivity index (χ2n) is 6.36. The van der Waals surface area contributed by atoms with Gasteiger partial charge in [0.2, 0.25) is 0 Å². The molecule has 1 aliphatic heterocycles. The summed E-state index contributed by atoms with van der Waals surface area (Å²) in [5, 5.41) is 1.99. The fourth-order valence-electron chi connectivity index (χ4n) is 3.32. The monoisotopic (exact) mass is 367 g/mol. The van der Waals surface area contributed by atoms with Gasteiger partial charge in [0.05, 0.1) is 17.2 Å². The van der Waals surface area contributed by atoms with Crippen LogP contribution in [0, 0.1) is 0 Å². The van der Waals surface area contributed by atoms with Gasteiger partial charge in [-0.1, -0.05) is 18.2 Å². The summed E-state index contributed by atoms with van der Waals surface area (Å²) < 4.78 is 5.59. The number of rotatable bonds is 5. The number of hydrogen-bond donors (Lipinski definition) is 1. The van der Waals surface area contributed by atoms with Crippen molar-refractivity contribution in [3.63, 3.8) is 0 Å². The van der Waals surface area contributed by atoms with E-state index in [-0.39, 0.29) is 5.56 Å². The largest absolute Gasteiger partial charge is 0.494 e. The number of aromatic amines is 1. The maximum absolute atomic E-state index is 12.4. The van der Waals surface area contributed by atoms with Crippen LogP contribution in [0.15, 0.2) is 46.6 Å². The first-order valence-electron chi connectivity index (χ1n) is 8.83. The lowest BCUT2D eigenvalue weighted by atomic mass is 10.1. The van der Waals surface area contributed by atoms with Gasteiger partial charge < -0.3 is 9.72 Å². The molecule has 1 aromatic carbocycles. The Labute approximate surface area is 156 Å². The van der Waals surface area contributed by atoms with E-state index in [1.807, 2.05) is 36.6 Å². The van der Waals surface area contributed by atoms with Gasteiger partial charge in [0.15, 0.2) is 5.82 Å².